The molecule has 0 radical (unpaired) electrons. The molecule has 4 amide bonds. The van der Waals surface area contributed by atoms with Gasteiger partial charge in [0.1, 0.15) is 23.6 Å². The lowest BCUT2D eigenvalue weighted by molar-refractivity contribution is -0.137. The van der Waals surface area contributed by atoms with Crippen molar-refractivity contribution in [2.45, 2.75) is 58.7 Å². The Bertz CT molecular complexity index is 1190. The lowest BCUT2D eigenvalue weighted by atomic mass is 10.0. The van der Waals surface area contributed by atoms with E-state index in [1.807, 2.05) is 20.9 Å². The van der Waals surface area contributed by atoms with Gasteiger partial charge in [-0.05, 0) is 51.6 Å². The molecule has 1 saturated heterocycles. The van der Waals surface area contributed by atoms with Gasteiger partial charge in [-0.2, -0.15) is 5.10 Å². The first-order chi connectivity index (χ1) is 18.5. The van der Waals surface area contributed by atoms with Crippen LogP contribution in [0.5, 0.6) is 0 Å². The van der Waals surface area contributed by atoms with Gasteiger partial charge in [-0.1, -0.05) is 13.0 Å². The average Bonchev–Trinajstić information content (AvgIpc) is 3.40. The zero-order valence-corrected chi connectivity index (χ0v) is 23.2. The van der Waals surface area contributed by atoms with E-state index < -0.39 is 29.7 Å². The largest absolute Gasteiger partial charge is 0.344 e. The van der Waals surface area contributed by atoms with Crippen molar-refractivity contribution in [1.82, 2.24) is 30.2 Å². The molecule has 0 aliphatic carbocycles. The predicted molar refractivity (Wildman–Crippen MR) is 145 cm³/mol. The Kier molecular flexibility index (Phi) is 10.2. The Morgan fingerprint density at radius 2 is 1.72 bits per heavy atom. The van der Waals surface area contributed by atoms with Gasteiger partial charge in [0.25, 0.3) is 5.91 Å². The van der Waals surface area contributed by atoms with E-state index in [1.165, 1.54) is 25.3 Å². The molecular formula is C27H38FN7O4. The molecule has 0 bridgehead atoms. The van der Waals surface area contributed by atoms with Crippen LogP contribution in [0.15, 0.2) is 30.5 Å². The number of likely N-dealkylation sites (N-methyl/N-ethyl adjacent to an activating group) is 1. The minimum Gasteiger partial charge on any atom is -0.344 e. The summed E-state index contributed by atoms with van der Waals surface area (Å²) >= 11 is 0. The molecule has 1 aliphatic rings. The highest BCUT2D eigenvalue weighted by molar-refractivity contribution is 6.00. The quantitative estimate of drug-likeness (QED) is 0.417. The molecule has 0 unspecified atom stereocenters. The van der Waals surface area contributed by atoms with Crippen LogP contribution in [-0.4, -0.2) is 88.5 Å². The van der Waals surface area contributed by atoms with Crippen molar-refractivity contribution in [3.05, 3.63) is 47.5 Å². The maximum Gasteiger partial charge on any atom is 0.270 e. The third-order valence-corrected chi connectivity index (χ3v) is 6.63. The van der Waals surface area contributed by atoms with E-state index in [1.54, 1.807) is 28.6 Å². The van der Waals surface area contributed by atoms with Crippen LogP contribution in [0.4, 0.5) is 10.1 Å². The summed E-state index contributed by atoms with van der Waals surface area (Å²) in [6, 6.07) is 4.00. The number of amides is 4. The van der Waals surface area contributed by atoms with E-state index in [2.05, 4.69) is 25.9 Å². The van der Waals surface area contributed by atoms with Crippen LogP contribution in [0.3, 0.4) is 0 Å². The number of carbonyl (C=O) groups excluding carboxylic acids is 4. The fraction of sp³-hybridized carbons (Fsp3) is 0.519. The fourth-order valence-electron chi connectivity index (χ4n) is 4.25. The van der Waals surface area contributed by atoms with Crippen LogP contribution in [0.1, 0.15) is 56.2 Å². The van der Waals surface area contributed by atoms with Gasteiger partial charge in [0.2, 0.25) is 17.7 Å². The topological polar surface area (TPSA) is 129 Å². The van der Waals surface area contributed by atoms with Gasteiger partial charge in [0.05, 0.1) is 5.69 Å². The fourth-order valence-corrected chi connectivity index (χ4v) is 4.25. The number of hydrogen-bond acceptors (Lipinski definition) is 6. The summed E-state index contributed by atoms with van der Waals surface area (Å²) < 4.78 is 16.5. The molecule has 3 N–H and O–H groups in total. The zero-order valence-electron chi connectivity index (χ0n) is 23.2. The normalized spacial score (nSPS) is 15.5. The molecule has 1 aromatic carbocycles. The van der Waals surface area contributed by atoms with E-state index in [-0.39, 0.29) is 36.4 Å². The monoisotopic (exact) mass is 543 g/mol. The second-order valence-electron chi connectivity index (χ2n) is 10.1. The molecule has 11 nitrogen and oxygen atoms in total. The number of anilines is 1. The lowest BCUT2D eigenvalue weighted by Crippen LogP contribution is -2.54. The van der Waals surface area contributed by atoms with Gasteiger partial charge in [-0.3, -0.25) is 23.9 Å². The standard InChI is InChI=1S/C27H38FN7O4/c1-6-24(36)31-22(27(39)34-13-11-33(5)12-14-34)16-19-7-8-21(20(28)15-19)32-25(37)18(4)30-26(38)23-9-10-29-35(23)17(2)3/h7-10,15,17-18,22H,6,11-14,16H2,1-5H3,(H,30,38)(H,31,36)(H,32,37)/t18-,22+/m0/s1. The minimum atomic E-state index is -0.943. The van der Waals surface area contributed by atoms with Crippen molar-refractivity contribution >= 4 is 29.3 Å². The number of aromatic nitrogens is 2. The molecule has 0 saturated carbocycles. The van der Waals surface area contributed by atoms with Crippen LogP contribution in [-0.2, 0) is 20.8 Å². The van der Waals surface area contributed by atoms with Crippen molar-refractivity contribution in [1.29, 1.82) is 0 Å². The van der Waals surface area contributed by atoms with Gasteiger partial charge in [-0.15, -0.1) is 0 Å². The Morgan fingerprint density at radius 1 is 1.03 bits per heavy atom. The molecule has 1 fully saturated rings. The second-order valence-corrected chi connectivity index (χ2v) is 10.1. The Morgan fingerprint density at radius 3 is 2.33 bits per heavy atom. The van der Waals surface area contributed by atoms with Gasteiger partial charge in [-0.25, -0.2) is 4.39 Å². The molecule has 2 atom stereocenters. The highest BCUT2D eigenvalue weighted by Crippen LogP contribution is 2.18. The van der Waals surface area contributed by atoms with E-state index in [0.717, 1.165) is 13.1 Å². The lowest BCUT2D eigenvalue weighted by Gasteiger charge is -2.34. The first-order valence-corrected chi connectivity index (χ1v) is 13.2. The van der Waals surface area contributed by atoms with Crippen LogP contribution >= 0.6 is 0 Å². The van der Waals surface area contributed by atoms with Gasteiger partial charge in [0.15, 0.2) is 0 Å². The number of benzene rings is 1. The Labute approximate surface area is 228 Å². The maximum absolute atomic E-state index is 15.0. The number of hydrogen-bond donors (Lipinski definition) is 3. The predicted octanol–water partition coefficient (Wildman–Crippen LogP) is 1.57. The molecule has 212 valence electrons. The Hall–Kier alpha value is -3.80. The van der Waals surface area contributed by atoms with Crippen molar-refractivity contribution in [2.24, 2.45) is 0 Å². The minimum absolute atomic E-state index is 0.0377. The molecular weight excluding hydrogens is 505 g/mol. The number of carbonyl (C=O) groups is 4. The van der Waals surface area contributed by atoms with Crippen molar-refractivity contribution in [3.63, 3.8) is 0 Å². The second kappa shape index (κ2) is 13.3. The van der Waals surface area contributed by atoms with E-state index in [9.17, 15) is 23.6 Å². The number of piperazine rings is 1. The third-order valence-electron chi connectivity index (χ3n) is 6.63. The number of nitrogens with one attached hydrogen (secondary N) is 3. The smallest absolute Gasteiger partial charge is 0.270 e. The van der Waals surface area contributed by atoms with Crippen LogP contribution in [0, 0.1) is 5.82 Å². The average molecular weight is 544 g/mol. The Balaban J connectivity index is 1.65. The van der Waals surface area contributed by atoms with Crippen LogP contribution < -0.4 is 16.0 Å². The summed E-state index contributed by atoms with van der Waals surface area (Å²) in [5.74, 6) is -2.22. The number of rotatable bonds is 10. The van der Waals surface area contributed by atoms with Crippen LogP contribution in [0.2, 0.25) is 0 Å². The molecule has 1 aliphatic heterocycles. The van der Waals surface area contributed by atoms with Crippen LogP contribution in [0.25, 0.3) is 0 Å². The maximum atomic E-state index is 15.0. The van der Waals surface area contributed by atoms with E-state index in [0.29, 0.717) is 24.3 Å². The molecule has 3 rings (SSSR count). The summed E-state index contributed by atoms with van der Waals surface area (Å²) in [4.78, 5) is 54.4. The molecule has 2 heterocycles. The van der Waals surface area contributed by atoms with Crippen molar-refractivity contribution in [2.75, 3.05) is 38.5 Å². The first kappa shape index (κ1) is 29.8. The molecule has 12 heteroatoms. The summed E-state index contributed by atoms with van der Waals surface area (Å²) in [5, 5.41) is 12.0. The number of nitrogens with zero attached hydrogens (tertiary/aromatic N) is 4. The van der Waals surface area contributed by atoms with E-state index in [4.69, 9.17) is 0 Å². The summed E-state index contributed by atoms with van der Waals surface area (Å²) in [7, 11) is 1.98. The highest BCUT2D eigenvalue weighted by Gasteiger charge is 2.28. The highest BCUT2D eigenvalue weighted by atomic mass is 19.1. The van der Waals surface area contributed by atoms with Gasteiger partial charge < -0.3 is 25.8 Å². The van der Waals surface area contributed by atoms with Gasteiger partial charge >= 0.3 is 0 Å². The molecule has 0 spiro atoms. The summed E-state index contributed by atoms with van der Waals surface area (Å²) in [6.07, 6.45) is 1.84. The SMILES string of the molecule is CCC(=O)N[C@H](Cc1ccc(NC(=O)[C@H](C)NC(=O)c2ccnn2C(C)C)c(F)c1)C(=O)N1CCN(C)CC1. The van der Waals surface area contributed by atoms with Crippen molar-refractivity contribution < 1.29 is 23.6 Å². The molecule has 1 aromatic heterocycles. The molecule has 2 aromatic rings. The first-order valence-electron chi connectivity index (χ1n) is 13.2. The van der Waals surface area contributed by atoms with Gasteiger partial charge in [0, 0.05) is 51.3 Å². The summed E-state index contributed by atoms with van der Waals surface area (Å²) in [5.41, 5.74) is 0.755. The summed E-state index contributed by atoms with van der Waals surface area (Å²) in [6.45, 7) is 9.56. The van der Waals surface area contributed by atoms with Crippen molar-refractivity contribution in [3.8, 4) is 0 Å². The zero-order chi connectivity index (χ0) is 28.7. The molecule has 39 heavy (non-hydrogen) atoms. The third kappa shape index (κ3) is 7.85. The number of halogens is 1. The van der Waals surface area contributed by atoms with E-state index >= 15 is 0 Å².